The number of hydrogen-bond acceptors (Lipinski definition) is 3. The van der Waals surface area contributed by atoms with Gasteiger partial charge in [0.25, 0.3) is 0 Å². The average Bonchev–Trinajstić information content (AvgIpc) is 2.39. The molecule has 0 radical (unpaired) electrons. The van der Waals surface area contributed by atoms with Crippen LogP contribution in [0.4, 0.5) is 0 Å². The summed E-state index contributed by atoms with van der Waals surface area (Å²) >= 11 is 3.56. The highest BCUT2D eigenvalue weighted by Crippen LogP contribution is 2.24. The van der Waals surface area contributed by atoms with Crippen molar-refractivity contribution in [3.63, 3.8) is 0 Å². The van der Waals surface area contributed by atoms with Crippen LogP contribution in [0, 0.1) is 6.92 Å². The van der Waals surface area contributed by atoms with E-state index >= 15 is 0 Å². The Bertz CT molecular complexity index is 528. The SMILES string of the molecule is Cc1cnccc1C(Cc1ccccc1Br)NN. The third kappa shape index (κ3) is 2.96. The molecule has 0 spiro atoms. The number of benzene rings is 1. The molecule has 0 aliphatic carbocycles. The summed E-state index contributed by atoms with van der Waals surface area (Å²) in [7, 11) is 0. The Hall–Kier alpha value is -1.23. The highest BCUT2D eigenvalue weighted by molar-refractivity contribution is 9.10. The second kappa shape index (κ2) is 6.09. The van der Waals surface area contributed by atoms with Crippen LogP contribution in [-0.4, -0.2) is 4.98 Å². The number of pyridine rings is 1. The molecule has 3 nitrogen and oxygen atoms in total. The average molecular weight is 306 g/mol. The molecule has 0 aliphatic heterocycles. The number of nitrogens with two attached hydrogens (primary N) is 1. The molecule has 0 fully saturated rings. The number of aromatic nitrogens is 1. The molecule has 1 atom stereocenters. The summed E-state index contributed by atoms with van der Waals surface area (Å²) < 4.78 is 1.11. The molecule has 4 heteroatoms. The van der Waals surface area contributed by atoms with Crippen molar-refractivity contribution in [1.82, 2.24) is 10.4 Å². The molecular weight excluding hydrogens is 290 g/mol. The Morgan fingerprint density at radius 3 is 2.78 bits per heavy atom. The first-order valence-electron chi connectivity index (χ1n) is 5.82. The van der Waals surface area contributed by atoms with Gasteiger partial charge in [0.2, 0.25) is 0 Å². The Kier molecular flexibility index (Phi) is 4.47. The van der Waals surface area contributed by atoms with Crippen LogP contribution >= 0.6 is 15.9 Å². The van der Waals surface area contributed by atoms with E-state index in [1.165, 1.54) is 11.1 Å². The lowest BCUT2D eigenvalue weighted by Gasteiger charge is -2.19. The molecular formula is C14H16BrN3. The predicted molar refractivity (Wildman–Crippen MR) is 76.9 cm³/mol. The van der Waals surface area contributed by atoms with E-state index in [0.717, 1.165) is 16.5 Å². The van der Waals surface area contributed by atoms with Crippen LogP contribution in [0.25, 0.3) is 0 Å². The van der Waals surface area contributed by atoms with Crippen molar-refractivity contribution in [2.24, 2.45) is 5.84 Å². The standard InChI is InChI=1S/C14H16BrN3/c1-10-9-17-7-6-12(10)14(18-16)8-11-4-2-3-5-13(11)15/h2-7,9,14,18H,8,16H2,1H3. The summed E-state index contributed by atoms with van der Waals surface area (Å²) in [6.45, 7) is 2.05. The zero-order chi connectivity index (χ0) is 13.0. The Morgan fingerprint density at radius 2 is 2.11 bits per heavy atom. The molecule has 0 saturated carbocycles. The van der Waals surface area contributed by atoms with Gasteiger partial charge in [-0.15, -0.1) is 0 Å². The summed E-state index contributed by atoms with van der Waals surface area (Å²) in [6, 6.07) is 10.3. The summed E-state index contributed by atoms with van der Waals surface area (Å²) in [5.74, 6) is 5.69. The van der Waals surface area contributed by atoms with Crippen LogP contribution in [0.15, 0.2) is 47.2 Å². The Balaban J connectivity index is 2.26. The van der Waals surface area contributed by atoms with Crippen molar-refractivity contribution in [3.05, 3.63) is 63.9 Å². The van der Waals surface area contributed by atoms with Gasteiger partial charge in [0.1, 0.15) is 0 Å². The fourth-order valence-corrected chi connectivity index (χ4v) is 2.46. The second-order valence-electron chi connectivity index (χ2n) is 4.25. The minimum atomic E-state index is 0.0895. The molecule has 0 saturated heterocycles. The van der Waals surface area contributed by atoms with Gasteiger partial charge in [-0.25, -0.2) is 0 Å². The number of aryl methyl sites for hydroxylation is 1. The highest BCUT2D eigenvalue weighted by atomic mass is 79.9. The minimum absolute atomic E-state index is 0.0895. The Labute approximate surface area is 116 Å². The van der Waals surface area contributed by atoms with E-state index < -0.39 is 0 Å². The maximum atomic E-state index is 5.69. The topological polar surface area (TPSA) is 50.9 Å². The van der Waals surface area contributed by atoms with E-state index in [2.05, 4.69) is 32.4 Å². The van der Waals surface area contributed by atoms with Gasteiger partial charge in [-0.2, -0.15) is 0 Å². The first-order valence-corrected chi connectivity index (χ1v) is 6.61. The third-order valence-corrected chi connectivity index (χ3v) is 3.80. The van der Waals surface area contributed by atoms with Crippen molar-refractivity contribution in [1.29, 1.82) is 0 Å². The first kappa shape index (κ1) is 13.2. The lowest BCUT2D eigenvalue weighted by atomic mass is 9.97. The van der Waals surface area contributed by atoms with E-state index in [1.807, 2.05) is 37.4 Å². The van der Waals surface area contributed by atoms with Crippen molar-refractivity contribution >= 4 is 15.9 Å². The van der Waals surface area contributed by atoms with Gasteiger partial charge in [-0.1, -0.05) is 34.1 Å². The lowest BCUT2D eigenvalue weighted by Crippen LogP contribution is -2.30. The lowest BCUT2D eigenvalue weighted by molar-refractivity contribution is 0.548. The molecule has 18 heavy (non-hydrogen) atoms. The van der Waals surface area contributed by atoms with E-state index in [-0.39, 0.29) is 6.04 Å². The normalized spacial score (nSPS) is 12.4. The summed E-state index contributed by atoms with van der Waals surface area (Å²) in [5.41, 5.74) is 6.45. The number of nitrogens with zero attached hydrogens (tertiary/aromatic N) is 1. The van der Waals surface area contributed by atoms with Crippen molar-refractivity contribution in [2.45, 2.75) is 19.4 Å². The fourth-order valence-electron chi connectivity index (χ4n) is 2.02. The third-order valence-electron chi connectivity index (χ3n) is 3.02. The van der Waals surface area contributed by atoms with E-state index in [0.29, 0.717) is 0 Å². The zero-order valence-electron chi connectivity index (χ0n) is 10.2. The van der Waals surface area contributed by atoms with Crippen molar-refractivity contribution in [3.8, 4) is 0 Å². The van der Waals surface area contributed by atoms with Gasteiger partial charge in [0, 0.05) is 16.9 Å². The zero-order valence-corrected chi connectivity index (χ0v) is 11.8. The summed E-state index contributed by atoms with van der Waals surface area (Å²) in [5, 5.41) is 0. The van der Waals surface area contributed by atoms with Gasteiger partial charge in [0.05, 0.1) is 6.04 Å². The molecule has 2 rings (SSSR count). The smallest absolute Gasteiger partial charge is 0.0504 e. The van der Waals surface area contributed by atoms with Gasteiger partial charge >= 0.3 is 0 Å². The van der Waals surface area contributed by atoms with Crippen LogP contribution in [-0.2, 0) is 6.42 Å². The van der Waals surface area contributed by atoms with Crippen molar-refractivity contribution in [2.75, 3.05) is 0 Å². The highest BCUT2D eigenvalue weighted by Gasteiger charge is 2.14. The largest absolute Gasteiger partial charge is 0.271 e. The summed E-state index contributed by atoms with van der Waals surface area (Å²) in [6.07, 6.45) is 4.50. The number of halogens is 1. The van der Waals surface area contributed by atoms with E-state index in [4.69, 9.17) is 5.84 Å². The fraction of sp³-hybridized carbons (Fsp3) is 0.214. The molecule has 0 bridgehead atoms. The van der Waals surface area contributed by atoms with Crippen LogP contribution in [0.5, 0.6) is 0 Å². The van der Waals surface area contributed by atoms with Gasteiger partial charge in [-0.3, -0.25) is 16.3 Å². The molecule has 1 unspecified atom stereocenters. The molecule has 94 valence electrons. The van der Waals surface area contributed by atoms with Gasteiger partial charge in [-0.05, 0) is 42.2 Å². The molecule has 2 aromatic rings. The number of nitrogens with one attached hydrogen (secondary N) is 1. The Morgan fingerprint density at radius 1 is 1.33 bits per heavy atom. The second-order valence-corrected chi connectivity index (χ2v) is 5.10. The van der Waals surface area contributed by atoms with Crippen LogP contribution in [0.1, 0.15) is 22.7 Å². The minimum Gasteiger partial charge on any atom is -0.271 e. The molecule has 1 heterocycles. The van der Waals surface area contributed by atoms with E-state index in [9.17, 15) is 0 Å². The van der Waals surface area contributed by atoms with Crippen LogP contribution in [0.2, 0.25) is 0 Å². The predicted octanol–water partition coefficient (Wildman–Crippen LogP) is 2.90. The maximum Gasteiger partial charge on any atom is 0.0504 e. The number of hydrazine groups is 1. The number of rotatable bonds is 4. The molecule has 0 aliphatic rings. The van der Waals surface area contributed by atoms with Crippen LogP contribution < -0.4 is 11.3 Å². The molecule has 0 amide bonds. The van der Waals surface area contributed by atoms with Gasteiger partial charge < -0.3 is 0 Å². The molecule has 1 aromatic carbocycles. The number of hydrogen-bond donors (Lipinski definition) is 2. The first-order chi connectivity index (χ1) is 8.72. The molecule has 3 N–H and O–H groups in total. The van der Waals surface area contributed by atoms with Gasteiger partial charge in [0.15, 0.2) is 0 Å². The quantitative estimate of drug-likeness (QED) is 0.674. The van der Waals surface area contributed by atoms with Crippen LogP contribution in [0.3, 0.4) is 0 Å². The van der Waals surface area contributed by atoms with Crippen molar-refractivity contribution < 1.29 is 0 Å². The monoisotopic (exact) mass is 305 g/mol. The van der Waals surface area contributed by atoms with E-state index in [1.54, 1.807) is 6.20 Å². The summed E-state index contributed by atoms with van der Waals surface area (Å²) in [4.78, 5) is 4.11. The molecule has 1 aromatic heterocycles. The maximum absolute atomic E-state index is 5.69.